The van der Waals surface area contributed by atoms with Gasteiger partial charge in [-0.25, -0.2) is 0 Å². The maximum Gasteiger partial charge on any atom is 0.307 e. The van der Waals surface area contributed by atoms with Crippen molar-refractivity contribution in [3.63, 3.8) is 0 Å². The van der Waals surface area contributed by atoms with E-state index in [1.165, 1.54) is 6.92 Å². The normalized spacial score (nSPS) is 13.8. The van der Waals surface area contributed by atoms with Crippen LogP contribution in [0.4, 0.5) is 11.4 Å². The van der Waals surface area contributed by atoms with Crippen LogP contribution in [0.5, 0.6) is 0 Å². The van der Waals surface area contributed by atoms with Crippen LogP contribution in [0.3, 0.4) is 0 Å². The number of carboxylic acids is 2. The van der Waals surface area contributed by atoms with E-state index in [9.17, 15) is 33.9 Å². The number of Topliss-reactive ketones (excluding diaryl/α,β-unsaturated/α-hetero) is 1. The van der Waals surface area contributed by atoms with E-state index >= 15 is 0 Å². The SMILES string of the molecule is CC.CC.CC.CC(=O)C(C)C(C(=O)O)C(C)(C)C.CCCCNc1ccc(NCCCNC(=O)C(C(C(=O)O)C(C)(C)C)C(C)(C)C(C)C)c2c1C(=O)c1ccccc1C2=O. The van der Waals surface area contributed by atoms with Crippen molar-refractivity contribution in [1.82, 2.24) is 5.32 Å². The Hall–Kier alpha value is -4.54. The van der Waals surface area contributed by atoms with Gasteiger partial charge in [0.25, 0.3) is 0 Å². The average molecular weight is 868 g/mol. The number of unbranched alkanes of at least 4 members (excludes halogenated alkanes) is 1. The highest BCUT2D eigenvalue weighted by molar-refractivity contribution is 6.31. The maximum atomic E-state index is 13.6. The number of nitrogens with one attached hydrogen (secondary N) is 3. The number of anilines is 2. The number of fused-ring (bicyclic) bond motifs is 2. The molecule has 11 heteroatoms. The molecule has 1 aliphatic carbocycles. The molecule has 11 nitrogen and oxygen atoms in total. The first-order valence-corrected chi connectivity index (χ1v) is 22.9. The molecule has 1 aliphatic rings. The highest BCUT2D eigenvalue weighted by Crippen LogP contribution is 2.46. The lowest BCUT2D eigenvalue weighted by Crippen LogP contribution is -2.51. The fourth-order valence-electron chi connectivity index (χ4n) is 7.41. The Balaban J connectivity index is 0. The van der Waals surface area contributed by atoms with E-state index in [-0.39, 0.29) is 34.6 Å². The lowest BCUT2D eigenvalue weighted by Gasteiger charge is -2.44. The Morgan fingerprint density at radius 1 is 0.597 bits per heavy atom. The van der Waals surface area contributed by atoms with E-state index < -0.39 is 46.4 Å². The van der Waals surface area contributed by atoms with Gasteiger partial charge in [0.2, 0.25) is 5.91 Å². The maximum absolute atomic E-state index is 13.6. The first-order valence-electron chi connectivity index (χ1n) is 22.9. The largest absolute Gasteiger partial charge is 0.481 e. The van der Waals surface area contributed by atoms with Gasteiger partial charge >= 0.3 is 11.9 Å². The van der Waals surface area contributed by atoms with Crippen LogP contribution in [-0.2, 0) is 19.2 Å². The van der Waals surface area contributed by atoms with Crippen molar-refractivity contribution < 1.29 is 39.0 Å². The zero-order valence-corrected chi connectivity index (χ0v) is 41.9. The van der Waals surface area contributed by atoms with Gasteiger partial charge in [0.05, 0.1) is 28.9 Å². The zero-order chi connectivity index (χ0) is 48.9. The van der Waals surface area contributed by atoms with Crippen molar-refractivity contribution in [2.75, 3.05) is 30.3 Å². The molecule has 0 bridgehead atoms. The van der Waals surface area contributed by atoms with Crippen molar-refractivity contribution in [1.29, 1.82) is 0 Å². The minimum Gasteiger partial charge on any atom is -0.481 e. The quantitative estimate of drug-likeness (QED) is 0.0820. The van der Waals surface area contributed by atoms with Crippen molar-refractivity contribution in [2.45, 2.75) is 151 Å². The van der Waals surface area contributed by atoms with Gasteiger partial charge in [0, 0.05) is 48.1 Å². The molecule has 5 N–H and O–H groups in total. The molecule has 3 rings (SSSR count). The van der Waals surface area contributed by atoms with Crippen LogP contribution in [0.15, 0.2) is 36.4 Å². The molecule has 0 saturated carbocycles. The third kappa shape index (κ3) is 16.3. The second-order valence-corrected chi connectivity index (χ2v) is 18.2. The van der Waals surface area contributed by atoms with Crippen LogP contribution in [0, 0.1) is 45.8 Å². The van der Waals surface area contributed by atoms with Crippen LogP contribution >= 0.6 is 0 Å². The molecular formula is C51H85N3O8. The predicted molar refractivity (Wildman–Crippen MR) is 256 cm³/mol. The van der Waals surface area contributed by atoms with Gasteiger partial charge in [-0.1, -0.05) is 155 Å². The van der Waals surface area contributed by atoms with Crippen LogP contribution < -0.4 is 16.0 Å². The summed E-state index contributed by atoms with van der Waals surface area (Å²) in [5.41, 5.74) is 1.25. The number of hydrogen-bond acceptors (Lipinski definition) is 8. The molecule has 352 valence electrons. The summed E-state index contributed by atoms with van der Waals surface area (Å²) >= 11 is 0. The summed E-state index contributed by atoms with van der Waals surface area (Å²) in [6.45, 7) is 37.7. The standard InChI is InChI=1S/C35H49N3O5.C10H18O3.3C2H6/c1-9-10-18-36-24-16-17-25(27-26(24)30(39)22-14-11-12-15-23(22)31(27)40)37-19-13-20-38-32(41)28(35(7,8)21(2)3)29(33(42)43)34(4,5)6;1-6(7(2)11)8(9(12)13)10(3,4)5;3*1-2/h11-12,14-17,21,28-29,36-37H,9-10,13,18-20H2,1-8H3,(H,38,41)(H,42,43);6,8H,1-5H3,(H,12,13);3*1-2H3. The fraction of sp³-hybridized carbons (Fsp3) is 0.647. The number of carbonyl (C=O) groups excluding carboxylic acids is 4. The number of hydrogen-bond donors (Lipinski definition) is 5. The Morgan fingerprint density at radius 2 is 0.984 bits per heavy atom. The summed E-state index contributed by atoms with van der Waals surface area (Å²) < 4.78 is 0. The molecule has 0 fully saturated rings. The second-order valence-electron chi connectivity index (χ2n) is 18.2. The molecule has 4 unspecified atom stereocenters. The smallest absolute Gasteiger partial charge is 0.307 e. The molecule has 62 heavy (non-hydrogen) atoms. The third-order valence-electron chi connectivity index (χ3n) is 11.3. The number of amides is 1. The molecule has 0 saturated heterocycles. The molecule has 0 aliphatic heterocycles. The fourth-order valence-corrected chi connectivity index (χ4v) is 7.41. The van der Waals surface area contributed by atoms with Crippen LogP contribution in [0.25, 0.3) is 0 Å². The summed E-state index contributed by atoms with van der Waals surface area (Å²) in [4.78, 5) is 75.2. The number of carbonyl (C=O) groups is 6. The summed E-state index contributed by atoms with van der Waals surface area (Å²) in [5, 5.41) is 28.8. The molecule has 2 aromatic carbocycles. The number of rotatable bonds is 17. The second kappa shape index (κ2) is 27.5. The molecular weight excluding hydrogens is 783 g/mol. The van der Waals surface area contributed by atoms with Crippen LogP contribution in [-0.4, -0.2) is 65.0 Å². The Bertz CT molecular complexity index is 1750. The lowest BCUT2D eigenvalue weighted by molar-refractivity contribution is -0.158. The predicted octanol–water partition coefficient (Wildman–Crippen LogP) is 11.7. The first kappa shape index (κ1) is 59.6. The minimum absolute atomic E-state index is 0.0673. The topological polar surface area (TPSA) is 179 Å². The van der Waals surface area contributed by atoms with Gasteiger partial charge in [-0.3, -0.25) is 28.8 Å². The highest BCUT2D eigenvalue weighted by atomic mass is 16.4. The molecule has 0 aromatic heterocycles. The molecule has 4 atom stereocenters. The van der Waals surface area contributed by atoms with E-state index in [1.54, 1.807) is 31.2 Å². The summed E-state index contributed by atoms with van der Waals surface area (Å²) in [5.74, 6) is -5.08. The van der Waals surface area contributed by atoms with E-state index in [0.717, 1.165) is 12.8 Å². The Kier molecular flexibility index (Phi) is 26.4. The van der Waals surface area contributed by atoms with E-state index in [0.29, 0.717) is 59.7 Å². The van der Waals surface area contributed by atoms with Gasteiger partial charge in [0.15, 0.2) is 11.6 Å². The number of benzene rings is 2. The van der Waals surface area contributed by atoms with Crippen LogP contribution in [0.1, 0.15) is 183 Å². The minimum atomic E-state index is -0.971. The van der Waals surface area contributed by atoms with E-state index in [2.05, 4.69) is 22.9 Å². The van der Waals surface area contributed by atoms with Gasteiger partial charge < -0.3 is 26.2 Å². The van der Waals surface area contributed by atoms with Crippen molar-refractivity contribution in [3.05, 3.63) is 58.7 Å². The number of aliphatic carboxylic acids is 2. The van der Waals surface area contributed by atoms with Gasteiger partial charge in [-0.2, -0.15) is 0 Å². The third-order valence-corrected chi connectivity index (χ3v) is 11.3. The molecule has 0 spiro atoms. The van der Waals surface area contributed by atoms with Crippen molar-refractivity contribution >= 4 is 46.6 Å². The van der Waals surface area contributed by atoms with E-state index in [4.69, 9.17) is 5.11 Å². The molecule has 1 amide bonds. The first-order chi connectivity index (χ1) is 28.8. The monoisotopic (exact) mass is 868 g/mol. The van der Waals surface area contributed by atoms with Gasteiger partial charge in [-0.15, -0.1) is 0 Å². The van der Waals surface area contributed by atoms with Gasteiger partial charge in [-0.05, 0) is 54.1 Å². The molecule has 0 radical (unpaired) electrons. The lowest BCUT2D eigenvalue weighted by atomic mass is 9.59. The average Bonchev–Trinajstić information content (AvgIpc) is 3.20. The summed E-state index contributed by atoms with van der Waals surface area (Å²) in [7, 11) is 0. The summed E-state index contributed by atoms with van der Waals surface area (Å²) in [6, 6.07) is 10.6. The Morgan fingerprint density at radius 3 is 1.29 bits per heavy atom. The summed E-state index contributed by atoms with van der Waals surface area (Å²) in [6.07, 6.45) is 2.49. The number of ketones is 3. The Labute approximate surface area is 375 Å². The molecule has 2 aromatic rings. The highest BCUT2D eigenvalue weighted by Gasteiger charge is 2.50. The number of carboxylic acid groups (broad SMARTS) is 2. The zero-order valence-electron chi connectivity index (χ0n) is 41.9. The van der Waals surface area contributed by atoms with Gasteiger partial charge in [0.1, 0.15) is 5.78 Å². The molecule has 0 heterocycles. The van der Waals surface area contributed by atoms with Crippen molar-refractivity contribution in [2.24, 2.45) is 45.8 Å². The van der Waals surface area contributed by atoms with Crippen molar-refractivity contribution in [3.8, 4) is 0 Å². The van der Waals surface area contributed by atoms with Crippen LogP contribution in [0.2, 0.25) is 0 Å². The van der Waals surface area contributed by atoms with E-state index in [1.807, 2.05) is 123 Å².